The van der Waals surface area contributed by atoms with Gasteiger partial charge < -0.3 is 31.7 Å². The number of hydrogen-bond acceptors (Lipinski definition) is 9. The number of nitrogens with zero attached hydrogens (tertiary/aromatic N) is 3. The standard InChI is InChI=1S/C23H30N8O2/c1-3-9-27-22(32)20-15-28-23(30-17(13-24)14-25-2)31-21(20)29-16-5-4-6-19(12-16)33-18-7-10-26-11-8-18/h3-6,12-15,18,26H,1,7-11,24H2,2H3,(H,27,32)(H2,28,29,30,31)/b17-13+,25-14?. The number of carbonyl (C=O) groups excluding carboxylic acids is 1. The summed E-state index contributed by atoms with van der Waals surface area (Å²) in [5.74, 6) is 1.02. The predicted molar refractivity (Wildman–Crippen MR) is 131 cm³/mol. The summed E-state index contributed by atoms with van der Waals surface area (Å²) in [6.07, 6.45) is 8.06. The molecule has 10 heteroatoms. The van der Waals surface area contributed by atoms with Crippen LogP contribution in [0.5, 0.6) is 5.75 Å². The average Bonchev–Trinajstić information content (AvgIpc) is 2.83. The van der Waals surface area contributed by atoms with Crippen molar-refractivity contribution < 1.29 is 9.53 Å². The molecule has 1 aromatic heterocycles. The van der Waals surface area contributed by atoms with Gasteiger partial charge in [0.25, 0.3) is 5.91 Å². The van der Waals surface area contributed by atoms with Crippen LogP contribution in [-0.2, 0) is 0 Å². The number of aliphatic imine (C=N–C) groups is 1. The Morgan fingerprint density at radius 3 is 2.94 bits per heavy atom. The average molecular weight is 451 g/mol. The fourth-order valence-electron chi connectivity index (χ4n) is 3.24. The maximum atomic E-state index is 12.7. The Hall–Kier alpha value is -3.92. The molecule has 0 bridgehead atoms. The summed E-state index contributed by atoms with van der Waals surface area (Å²) in [5, 5.41) is 12.3. The van der Waals surface area contributed by atoms with Gasteiger partial charge in [0.05, 0.1) is 5.70 Å². The number of carbonyl (C=O) groups is 1. The summed E-state index contributed by atoms with van der Waals surface area (Å²) in [7, 11) is 1.63. The number of piperidine rings is 1. The van der Waals surface area contributed by atoms with Crippen molar-refractivity contribution in [3.05, 3.63) is 60.6 Å². The first kappa shape index (κ1) is 23.7. The first-order valence-corrected chi connectivity index (χ1v) is 10.7. The molecule has 1 aliphatic heterocycles. The third kappa shape index (κ3) is 7.04. The van der Waals surface area contributed by atoms with E-state index in [0.29, 0.717) is 18.1 Å². The fourth-order valence-corrected chi connectivity index (χ4v) is 3.24. The maximum Gasteiger partial charge on any atom is 0.256 e. The second-order valence-corrected chi connectivity index (χ2v) is 7.31. The van der Waals surface area contributed by atoms with Crippen LogP contribution in [0.15, 0.2) is 60.0 Å². The summed E-state index contributed by atoms with van der Waals surface area (Å²) < 4.78 is 6.13. The second kappa shape index (κ2) is 12.2. The molecule has 33 heavy (non-hydrogen) atoms. The maximum absolute atomic E-state index is 12.7. The van der Waals surface area contributed by atoms with Gasteiger partial charge in [-0.3, -0.25) is 9.79 Å². The highest BCUT2D eigenvalue weighted by molar-refractivity contribution is 5.99. The van der Waals surface area contributed by atoms with Crippen LogP contribution < -0.4 is 31.7 Å². The molecule has 174 valence electrons. The molecule has 3 rings (SSSR count). The van der Waals surface area contributed by atoms with Gasteiger partial charge >= 0.3 is 0 Å². The van der Waals surface area contributed by atoms with Gasteiger partial charge in [-0.1, -0.05) is 12.1 Å². The molecule has 2 aromatic rings. The quantitative estimate of drug-likeness (QED) is 0.274. The summed E-state index contributed by atoms with van der Waals surface area (Å²) in [4.78, 5) is 25.3. The number of nitrogens with one attached hydrogen (secondary N) is 4. The molecule has 1 amide bonds. The highest BCUT2D eigenvalue weighted by Crippen LogP contribution is 2.25. The zero-order valence-corrected chi connectivity index (χ0v) is 18.7. The third-order valence-electron chi connectivity index (χ3n) is 4.83. The van der Waals surface area contributed by atoms with E-state index in [0.717, 1.165) is 37.4 Å². The lowest BCUT2D eigenvalue weighted by Crippen LogP contribution is -2.34. The van der Waals surface area contributed by atoms with Crippen LogP contribution in [0.25, 0.3) is 0 Å². The predicted octanol–water partition coefficient (Wildman–Crippen LogP) is 2.18. The molecule has 0 radical (unpaired) electrons. The Morgan fingerprint density at radius 2 is 2.21 bits per heavy atom. The van der Waals surface area contributed by atoms with Crippen molar-refractivity contribution in [1.82, 2.24) is 20.6 Å². The number of aromatic nitrogens is 2. The molecule has 2 heterocycles. The highest BCUT2D eigenvalue weighted by Gasteiger charge is 2.17. The molecule has 0 aliphatic carbocycles. The van der Waals surface area contributed by atoms with Crippen LogP contribution >= 0.6 is 0 Å². The van der Waals surface area contributed by atoms with Crippen molar-refractivity contribution in [1.29, 1.82) is 0 Å². The van der Waals surface area contributed by atoms with E-state index in [1.54, 1.807) is 19.3 Å². The minimum Gasteiger partial charge on any atom is -0.490 e. The minimum absolute atomic E-state index is 0.179. The number of anilines is 3. The lowest BCUT2D eigenvalue weighted by molar-refractivity contribution is 0.0958. The van der Waals surface area contributed by atoms with Crippen LogP contribution in [0.2, 0.25) is 0 Å². The Bertz CT molecular complexity index is 1020. The van der Waals surface area contributed by atoms with Crippen molar-refractivity contribution in [2.45, 2.75) is 18.9 Å². The van der Waals surface area contributed by atoms with Gasteiger partial charge in [-0.2, -0.15) is 4.98 Å². The van der Waals surface area contributed by atoms with Gasteiger partial charge in [0.15, 0.2) is 0 Å². The van der Waals surface area contributed by atoms with E-state index in [2.05, 4.69) is 42.8 Å². The monoisotopic (exact) mass is 450 g/mol. The van der Waals surface area contributed by atoms with Crippen LogP contribution in [0.4, 0.5) is 17.5 Å². The van der Waals surface area contributed by atoms with E-state index in [4.69, 9.17) is 10.5 Å². The molecule has 1 aromatic carbocycles. The number of nitrogens with two attached hydrogens (primary N) is 1. The lowest BCUT2D eigenvalue weighted by atomic mass is 10.1. The van der Waals surface area contributed by atoms with Crippen molar-refractivity contribution in [3.63, 3.8) is 0 Å². The number of rotatable bonds is 10. The van der Waals surface area contributed by atoms with Gasteiger partial charge in [-0.05, 0) is 38.1 Å². The number of amides is 1. The molecule has 0 spiro atoms. The van der Waals surface area contributed by atoms with Gasteiger partial charge in [-0.25, -0.2) is 4.98 Å². The van der Waals surface area contributed by atoms with Gasteiger partial charge in [0.2, 0.25) is 5.95 Å². The molecule has 6 N–H and O–H groups in total. The zero-order valence-electron chi connectivity index (χ0n) is 18.7. The van der Waals surface area contributed by atoms with Crippen LogP contribution in [0.1, 0.15) is 23.2 Å². The minimum atomic E-state index is -0.323. The van der Waals surface area contributed by atoms with Crippen molar-refractivity contribution >= 4 is 29.6 Å². The SMILES string of the molecule is C=CCNC(=O)c1cnc(N/C(C=NC)=C/N)nc1Nc1cccc(OC2CCNCC2)c1. The van der Waals surface area contributed by atoms with Crippen molar-refractivity contribution in [2.75, 3.05) is 37.3 Å². The first-order valence-electron chi connectivity index (χ1n) is 10.7. The Kier molecular flexibility index (Phi) is 8.78. The van der Waals surface area contributed by atoms with E-state index in [9.17, 15) is 4.79 Å². The van der Waals surface area contributed by atoms with Crippen LogP contribution in [0.3, 0.4) is 0 Å². The number of ether oxygens (including phenoxy) is 1. The number of hydrogen-bond donors (Lipinski definition) is 5. The normalized spacial score (nSPS) is 14.6. The van der Waals surface area contributed by atoms with E-state index in [-0.39, 0.29) is 23.5 Å². The zero-order chi connectivity index (χ0) is 23.5. The summed E-state index contributed by atoms with van der Waals surface area (Å²) >= 11 is 0. The molecule has 0 atom stereocenters. The number of allylic oxidation sites excluding steroid dienone is 1. The van der Waals surface area contributed by atoms with Gasteiger partial charge in [-0.15, -0.1) is 6.58 Å². The van der Waals surface area contributed by atoms with Crippen LogP contribution in [-0.4, -0.2) is 54.9 Å². The van der Waals surface area contributed by atoms with Gasteiger partial charge in [0, 0.05) is 44.0 Å². The van der Waals surface area contributed by atoms with Crippen molar-refractivity contribution in [3.8, 4) is 5.75 Å². The Labute approximate surface area is 193 Å². The summed E-state index contributed by atoms with van der Waals surface area (Å²) in [5.41, 5.74) is 7.15. The summed E-state index contributed by atoms with van der Waals surface area (Å²) in [6.45, 7) is 5.85. The van der Waals surface area contributed by atoms with Crippen LogP contribution in [0, 0.1) is 0 Å². The smallest absolute Gasteiger partial charge is 0.256 e. The van der Waals surface area contributed by atoms with E-state index >= 15 is 0 Å². The Balaban J connectivity index is 1.85. The first-order chi connectivity index (χ1) is 16.1. The molecule has 10 nitrogen and oxygen atoms in total. The molecule has 1 aliphatic rings. The second-order valence-electron chi connectivity index (χ2n) is 7.31. The molecule has 0 unspecified atom stereocenters. The van der Waals surface area contributed by atoms with E-state index < -0.39 is 0 Å². The largest absolute Gasteiger partial charge is 0.490 e. The molecular weight excluding hydrogens is 420 g/mol. The topological polar surface area (TPSA) is 139 Å². The van der Waals surface area contributed by atoms with E-state index in [1.165, 1.54) is 12.4 Å². The Morgan fingerprint density at radius 1 is 1.39 bits per heavy atom. The molecule has 1 saturated heterocycles. The van der Waals surface area contributed by atoms with Gasteiger partial charge in [0.1, 0.15) is 23.2 Å². The molecular formula is C23H30N8O2. The fraction of sp³-hybridized carbons (Fsp3) is 0.304. The summed E-state index contributed by atoms with van der Waals surface area (Å²) in [6, 6.07) is 7.58. The molecule has 0 saturated carbocycles. The highest BCUT2D eigenvalue weighted by atomic mass is 16.5. The molecule has 1 fully saturated rings. The lowest BCUT2D eigenvalue weighted by Gasteiger charge is -2.24. The van der Waals surface area contributed by atoms with Crippen molar-refractivity contribution in [2.24, 2.45) is 10.7 Å². The van der Waals surface area contributed by atoms with E-state index in [1.807, 2.05) is 24.3 Å². The number of benzene rings is 1. The third-order valence-corrected chi connectivity index (χ3v) is 4.83.